The van der Waals surface area contributed by atoms with Gasteiger partial charge in [-0.05, 0) is 23.6 Å². The summed E-state index contributed by atoms with van der Waals surface area (Å²) in [4.78, 5) is 28.4. The Labute approximate surface area is 168 Å². The number of piperazine rings is 1. The number of thiophene rings is 1. The minimum atomic E-state index is -0.158. The second-order valence-corrected chi connectivity index (χ2v) is 7.24. The van der Waals surface area contributed by atoms with E-state index in [1.807, 2.05) is 33.9 Å². The number of ether oxygens (including phenoxy) is 2. The number of hydrogen-bond acceptors (Lipinski definition) is 6. The molecule has 2 heterocycles. The van der Waals surface area contributed by atoms with Crippen LogP contribution in [-0.2, 0) is 4.79 Å². The maximum atomic E-state index is 12.3. The molecule has 0 aliphatic carbocycles. The lowest BCUT2D eigenvalue weighted by Crippen LogP contribution is -2.50. The molecule has 0 saturated carbocycles. The highest BCUT2D eigenvalue weighted by Gasteiger charge is 2.22. The molecule has 0 unspecified atom stereocenters. The lowest BCUT2D eigenvalue weighted by atomic mass is 10.2. The fourth-order valence-corrected chi connectivity index (χ4v) is 3.62. The quantitative estimate of drug-likeness (QED) is 0.727. The topological polar surface area (TPSA) is 71.1 Å². The van der Waals surface area contributed by atoms with Gasteiger partial charge in [-0.3, -0.25) is 14.5 Å². The summed E-state index contributed by atoms with van der Waals surface area (Å²) >= 11 is 1.54. The van der Waals surface area contributed by atoms with E-state index in [1.54, 1.807) is 19.2 Å². The molecule has 1 aromatic carbocycles. The van der Waals surface area contributed by atoms with Crippen molar-refractivity contribution >= 4 is 23.2 Å². The molecule has 3 rings (SSSR count). The van der Waals surface area contributed by atoms with Gasteiger partial charge in [-0.25, -0.2) is 0 Å². The number of hydrogen-bond donors (Lipinski definition) is 1. The summed E-state index contributed by atoms with van der Waals surface area (Å²) in [5.74, 6) is 1.23. The van der Waals surface area contributed by atoms with Gasteiger partial charge in [0.25, 0.3) is 11.8 Å². The second kappa shape index (κ2) is 10.1. The molecule has 0 radical (unpaired) electrons. The van der Waals surface area contributed by atoms with Crippen molar-refractivity contribution in [2.24, 2.45) is 0 Å². The molecule has 8 heteroatoms. The molecule has 0 spiro atoms. The van der Waals surface area contributed by atoms with Crippen LogP contribution in [0.25, 0.3) is 0 Å². The van der Waals surface area contributed by atoms with Crippen LogP contribution in [0.15, 0.2) is 41.1 Å². The molecule has 1 N–H and O–H groups in total. The van der Waals surface area contributed by atoms with Gasteiger partial charge in [0.05, 0.1) is 12.7 Å². The van der Waals surface area contributed by atoms with E-state index in [4.69, 9.17) is 9.47 Å². The van der Waals surface area contributed by atoms with Crippen LogP contribution in [0.5, 0.6) is 11.5 Å². The van der Waals surface area contributed by atoms with Gasteiger partial charge >= 0.3 is 0 Å². The molecular weight excluding hydrogens is 378 g/mol. The first kappa shape index (κ1) is 20.2. The molecule has 1 aliphatic rings. The SMILES string of the molecule is COc1cccc(OCC(=O)NCCN2CCN(C(=O)c3ccsc3)CC2)c1. The number of carbonyl (C=O) groups excluding carboxylic acids is 2. The van der Waals surface area contributed by atoms with Crippen molar-refractivity contribution in [3.63, 3.8) is 0 Å². The van der Waals surface area contributed by atoms with Crippen LogP contribution in [0.3, 0.4) is 0 Å². The Morgan fingerprint density at radius 1 is 1.14 bits per heavy atom. The molecule has 7 nitrogen and oxygen atoms in total. The van der Waals surface area contributed by atoms with Crippen molar-refractivity contribution in [1.29, 1.82) is 0 Å². The second-order valence-electron chi connectivity index (χ2n) is 6.46. The highest BCUT2D eigenvalue weighted by molar-refractivity contribution is 7.08. The van der Waals surface area contributed by atoms with Crippen molar-refractivity contribution in [2.75, 3.05) is 53.0 Å². The summed E-state index contributed by atoms with van der Waals surface area (Å²) in [5.41, 5.74) is 0.766. The Hall–Kier alpha value is -2.58. The van der Waals surface area contributed by atoms with Crippen molar-refractivity contribution in [1.82, 2.24) is 15.1 Å². The van der Waals surface area contributed by atoms with Gasteiger partial charge in [0.2, 0.25) is 0 Å². The van der Waals surface area contributed by atoms with Crippen LogP contribution in [0.1, 0.15) is 10.4 Å². The van der Waals surface area contributed by atoms with Gasteiger partial charge in [-0.2, -0.15) is 11.3 Å². The first-order valence-electron chi connectivity index (χ1n) is 9.23. The zero-order chi connectivity index (χ0) is 19.8. The molecule has 0 bridgehead atoms. The Balaban J connectivity index is 1.31. The lowest BCUT2D eigenvalue weighted by molar-refractivity contribution is -0.123. The number of benzene rings is 1. The number of nitrogens with zero attached hydrogens (tertiary/aromatic N) is 2. The molecule has 0 atom stereocenters. The first-order valence-corrected chi connectivity index (χ1v) is 10.2. The Morgan fingerprint density at radius 2 is 1.93 bits per heavy atom. The Kier molecular flexibility index (Phi) is 7.27. The number of carbonyl (C=O) groups is 2. The first-order chi connectivity index (χ1) is 13.7. The van der Waals surface area contributed by atoms with Gasteiger partial charge in [0, 0.05) is 50.7 Å². The van der Waals surface area contributed by atoms with E-state index in [9.17, 15) is 9.59 Å². The fourth-order valence-electron chi connectivity index (χ4n) is 2.99. The van der Waals surface area contributed by atoms with Crippen LogP contribution in [0, 0.1) is 0 Å². The maximum absolute atomic E-state index is 12.3. The van der Waals surface area contributed by atoms with Gasteiger partial charge < -0.3 is 19.7 Å². The van der Waals surface area contributed by atoms with E-state index < -0.39 is 0 Å². The van der Waals surface area contributed by atoms with Crippen LogP contribution in [0.4, 0.5) is 0 Å². The summed E-state index contributed by atoms with van der Waals surface area (Å²) in [6, 6.07) is 9.02. The van der Waals surface area contributed by atoms with Gasteiger partial charge in [-0.15, -0.1) is 0 Å². The smallest absolute Gasteiger partial charge is 0.257 e. The van der Waals surface area contributed by atoms with Crippen molar-refractivity contribution in [2.45, 2.75) is 0 Å². The van der Waals surface area contributed by atoms with Gasteiger partial charge in [0.1, 0.15) is 11.5 Å². The summed E-state index contributed by atoms with van der Waals surface area (Å²) in [5, 5.41) is 6.68. The normalized spacial score (nSPS) is 14.5. The highest BCUT2D eigenvalue weighted by Crippen LogP contribution is 2.18. The molecule has 1 aliphatic heterocycles. The molecule has 1 fully saturated rings. The fraction of sp³-hybridized carbons (Fsp3) is 0.400. The molecule has 150 valence electrons. The summed E-state index contributed by atoms with van der Waals surface area (Å²) in [6.07, 6.45) is 0. The Morgan fingerprint density at radius 3 is 2.64 bits per heavy atom. The Bertz CT molecular complexity index is 774. The predicted octanol–water partition coefficient (Wildman–Crippen LogP) is 1.71. The number of methoxy groups -OCH3 is 1. The molecule has 2 amide bonds. The van der Waals surface area contributed by atoms with Crippen molar-refractivity contribution in [3.8, 4) is 11.5 Å². The highest BCUT2D eigenvalue weighted by atomic mass is 32.1. The minimum absolute atomic E-state index is 0.0317. The van der Waals surface area contributed by atoms with Gasteiger partial charge in [0.15, 0.2) is 6.61 Å². The molecule has 2 aromatic rings. The van der Waals surface area contributed by atoms with Gasteiger partial charge in [-0.1, -0.05) is 6.07 Å². The number of nitrogens with one attached hydrogen (secondary N) is 1. The van der Waals surface area contributed by atoms with E-state index in [2.05, 4.69) is 10.2 Å². The molecular formula is C20H25N3O4S. The summed E-state index contributed by atoms with van der Waals surface area (Å²) in [6.45, 7) is 4.32. The van der Waals surface area contributed by atoms with Crippen molar-refractivity contribution < 1.29 is 19.1 Å². The number of rotatable bonds is 8. The molecule has 1 aromatic heterocycles. The van der Waals surface area contributed by atoms with E-state index in [0.29, 0.717) is 31.1 Å². The van der Waals surface area contributed by atoms with E-state index in [0.717, 1.165) is 25.2 Å². The summed E-state index contributed by atoms with van der Waals surface area (Å²) in [7, 11) is 1.59. The molecule has 1 saturated heterocycles. The average Bonchev–Trinajstić information content (AvgIpc) is 3.27. The van der Waals surface area contributed by atoms with Crippen LogP contribution in [0.2, 0.25) is 0 Å². The molecule has 28 heavy (non-hydrogen) atoms. The van der Waals surface area contributed by atoms with E-state index >= 15 is 0 Å². The third kappa shape index (κ3) is 5.71. The average molecular weight is 404 g/mol. The summed E-state index contributed by atoms with van der Waals surface area (Å²) < 4.78 is 10.6. The van der Waals surface area contributed by atoms with Crippen molar-refractivity contribution in [3.05, 3.63) is 46.7 Å². The third-order valence-corrected chi connectivity index (χ3v) is 5.27. The van der Waals surface area contributed by atoms with Crippen LogP contribution < -0.4 is 14.8 Å². The predicted molar refractivity (Wildman–Crippen MR) is 108 cm³/mol. The van der Waals surface area contributed by atoms with Crippen LogP contribution in [-0.4, -0.2) is 74.6 Å². The lowest BCUT2D eigenvalue weighted by Gasteiger charge is -2.34. The zero-order valence-electron chi connectivity index (χ0n) is 15.9. The third-order valence-electron chi connectivity index (χ3n) is 4.59. The zero-order valence-corrected chi connectivity index (χ0v) is 16.7. The van der Waals surface area contributed by atoms with E-state index in [1.165, 1.54) is 11.3 Å². The number of amides is 2. The van der Waals surface area contributed by atoms with E-state index in [-0.39, 0.29) is 18.4 Å². The maximum Gasteiger partial charge on any atom is 0.257 e. The largest absolute Gasteiger partial charge is 0.497 e. The monoisotopic (exact) mass is 403 g/mol. The minimum Gasteiger partial charge on any atom is -0.497 e. The van der Waals surface area contributed by atoms with Crippen LogP contribution >= 0.6 is 11.3 Å². The standard InChI is InChI=1S/C20H25N3O4S/c1-26-17-3-2-4-18(13-17)27-14-19(24)21-6-7-22-8-10-23(11-9-22)20(25)16-5-12-28-15-16/h2-5,12-13,15H,6-11,14H2,1H3,(H,21,24).